The Balaban J connectivity index is 1.94. The molecule has 0 radical (unpaired) electrons. The molecule has 0 heterocycles. The summed E-state index contributed by atoms with van der Waals surface area (Å²) in [5.74, 6) is 1.41. The third-order valence-electron chi connectivity index (χ3n) is 3.51. The molecular weight excluding hydrogens is 260 g/mol. The van der Waals surface area contributed by atoms with E-state index in [4.69, 9.17) is 4.74 Å². The summed E-state index contributed by atoms with van der Waals surface area (Å²) in [7, 11) is 0. The Labute approximate surface area is 127 Å². The Hall–Kier alpha value is -1.80. The van der Waals surface area contributed by atoms with Gasteiger partial charge in [0.1, 0.15) is 12.4 Å². The van der Waals surface area contributed by atoms with Gasteiger partial charge in [0.15, 0.2) is 0 Å². The first-order valence-corrected chi connectivity index (χ1v) is 7.60. The molecule has 0 spiro atoms. The monoisotopic (exact) mass is 284 g/mol. The van der Waals surface area contributed by atoms with E-state index in [0.29, 0.717) is 12.5 Å². The van der Waals surface area contributed by atoms with Gasteiger partial charge in [-0.3, -0.25) is 0 Å². The van der Waals surface area contributed by atoms with Gasteiger partial charge in [0.05, 0.1) is 6.10 Å². The standard InChI is InChI=1S/C19H24O2/c1-15(2)11-12-19(20)17-9-6-10-18(13-17)21-14-16-7-4-3-5-8-16/h3-10,13,15,19-20H,11-12,14H2,1-2H3. The van der Waals surface area contributed by atoms with Crippen molar-refractivity contribution in [3.8, 4) is 5.75 Å². The van der Waals surface area contributed by atoms with Crippen LogP contribution in [0.25, 0.3) is 0 Å². The van der Waals surface area contributed by atoms with Crippen LogP contribution in [-0.4, -0.2) is 5.11 Å². The molecule has 0 aliphatic carbocycles. The van der Waals surface area contributed by atoms with Crippen LogP contribution in [0.1, 0.15) is 43.9 Å². The second kappa shape index (κ2) is 7.84. The average molecular weight is 284 g/mol. The van der Waals surface area contributed by atoms with Crippen LogP contribution in [0.4, 0.5) is 0 Å². The topological polar surface area (TPSA) is 29.5 Å². The molecule has 2 heteroatoms. The van der Waals surface area contributed by atoms with Gasteiger partial charge in [0.25, 0.3) is 0 Å². The zero-order valence-corrected chi connectivity index (χ0v) is 12.8. The number of hydrogen-bond donors (Lipinski definition) is 1. The summed E-state index contributed by atoms with van der Waals surface area (Å²) in [6.45, 7) is 4.89. The van der Waals surface area contributed by atoms with Crippen molar-refractivity contribution < 1.29 is 9.84 Å². The quantitative estimate of drug-likeness (QED) is 0.796. The van der Waals surface area contributed by atoms with Crippen LogP contribution in [0.15, 0.2) is 54.6 Å². The first kappa shape index (κ1) is 15.6. The van der Waals surface area contributed by atoms with E-state index >= 15 is 0 Å². The molecule has 112 valence electrons. The summed E-state index contributed by atoms with van der Waals surface area (Å²) in [6, 6.07) is 17.9. The molecular formula is C19H24O2. The van der Waals surface area contributed by atoms with E-state index in [1.807, 2.05) is 54.6 Å². The Bertz CT molecular complexity index is 534. The van der Waals surface area contributed by atoms with E-state index in [0.717, 1.165) is 29.7 Å². The van der Waals surface area contributed by atoms with Gasteiger partial charge in [-0.05, 0) is 42.0 Å². The molecule has 0 bridgehead atoms. The first-order valence-electron chi connectivity index (χ1n) is 7.60. The maximum absolute atomic E-state index is 10.2. The highest BCUT2D eigenvalue weighted by atomic mass is 16.5. The highest BCUT2D eigenvalue weighted by Crippen LogP contribution is 2.24. The van der Waals surface area contributed by atoms with Gasteiger partial charge in [0, 0.05) is 0 Å². The third kappa shape index (κ3) is 5.24. The minimum Gasteiger partial charge on any atom is -0.489 e. The molecule has 1 unspecified atom stereocenters. The van der Waals surface area contributed by atoms with Crippen molar-refractivity contribution >= 4 is 0 Å². The van der Waals surface area contributed by atoms with Crippen LogP contribution in [0.2, 0.25) is 0 Å². The Kier molecular flexibility index (Phi) is 5.82. The second-order valence-corrected chi connectivity index (χ2v) is 5.83. The van der Waals surface area contributed by atoms with Gasteiger partial charge in [0.2, 0.25) is 0 Å². The Morgan fingerprint density at radius 1 is 0.952 bits per heavy atom. The average Bonchev–Trinajstić information content (AvgIpc) is 2.52. The fraction of sp³-hybridized carbons (Fsp3) is 0.368. The molecule has 0 aliphatic rings. The van der Waals surface area contributed by atoms with Crippen molar-refractivity contribution in [1.82, 2.24) is 0 Å². The van der Waals surface area contributed by atoms with Gasteiger partial charge >= 0.3 is 0 Å². The van der Waals surface area contributed by atoms with E-state index < -0.39 is 6.10 Å². The highest BCUT2D eigenvalue weighted by Gasteiger charge is 2.09. The predicted octanol–water partition coefficient (Wildman–Crippen LogP) is 4.74. The number of hydrogen-bond acceptors (Lipinski definition) is 2. The van der Waals surface area contributed by atoms with Crippen LogP contribution in [0.3, 0.4) is 0 Å². The summed E-state index contributed by atoms with van der Waals surface area (Å²) in [4.78, 5) is 0. The van der Waals surface area contributed by atoms with E-state index in [-0.39, 0.29) is 0 Å². The number of benzene rings is 2. The summed E-state index contributed by atoms with van der Waals surface area (Å²) in [5, 5.41) is 10.2. The van der Waals surface area contributed by atoms with Crippen LogP contribution < -0.4 is 4.74 Å². The summed E-state index contributed by atoms with van der Waals surface area (Å²) in [5.41, 5.74) is 2.07. The van der Waals surface area contributed by atoms with Crippen LogP contribution >= 0.6 is 0 Å². The molecule has 2 aromatic rings. The van der Waals surface area contributed by atoms with Crippen molar-refractivity contribution in [2.24, 2.45) is 5.92 Å². The minimum atomic E-state index is -0.410. The zero-order valence-electron chi connectivity index (χ0n) is 12.8. The largest absolute Gasteiger partial charge is 0.489 e. The molecule has 0 amide bonds. The van der Waals surface area contributed by atoms with Crippen molar-refractivity contribution in [2.45, 2.75) is 39.4 Å². The van der Waals surface area contributed by atoms with E-state index in [2.05, 4.69) is 13.8 Å². The van der Waals surface area contributed by atoms with Crippen LogP contribution in [0.5, 0.6) is 5.75 Å². The third-order valence-corrected chi connectivity index (χ3v) is 3.51. The van der Waals surface area contributed by atoms with E-state index in [9.17, 15) is 5.11 Å². The summed E-state index contributed by atoms with van der Waals surface area (Å²) >= 11 is 0. The molecule has 2 aromatic carbocycles. The number of aliphatic hydroxyl groups is 1. The number of aliphatic hydroxyl groups excluding tert-OH is 1. The van der Waals surface area contributed by atoms with Gasteiger partial charge in [-0.2, -0.15) is 0 Å². The lowest BCUT2D eigenvalue weighted by atomic mass is 10.00. The molecule has 0 saturated carbocycles. The normalized spacial score (nSPS) is 12.4. The van der Waals surface area contributed by atoms with Crippen LogP contribution in [-0.2, 0) is 6.61 Å². The predicted molar refractivity (Wildman–Crippen MR) is 86.2 cm³/mol. The fourth-order valence-electron chi connectivity index (χ4n) is 2.21. The molecule has 21 heavy (non-hydrogen) atoms. The Morgan fingerprint density at radius 3 is 2.43 bits per heavy atom. The molecule has 2 nitrogen and oxygen atoms in total. The Morgan fingerprint density at radius 2 is 1.71 bits per heavy atom. The fourth-order valence-corrected chi connectivity index (χ4v) is 2.21. The molecule has 0 aliphatic heterocycles. The minimum absolute atomic E-state index is 0.410. The van der Waals surface area contributed by atoms with Gasteiger partial charge in [-0.25, -0.2) is 0 Å². The van der Waals surface area contributed by atoms with Gasteiger partial charge in [-0.15, -0.1) is 0 Å². The van der Waals surface area contributed by atoms with Crippen molar-refractivity contribution in [1.29, 1.82) is 0 Å². The second-order valence-electron chi connectivity index (χ2n) is 5.83. The maximum atomic E-state index is 10.2. The lowest BCUT2D eigenvalue weighted by Crippen LogP contribution is -2.01. The molecule has 2 rings (SSSR count). The molecule has 0 saturated heterocycles. The van der Waals surface area contributed by atoms with Crippen molar-refractivity contribution in [3.05, 3.63) is 65.7 Å². The lowest BCUT2D eigenvalue weighted by molar-refractivity contribution is 0.158. The number of rotatable bonds is 7. The van der Waals surface area contributed by atoms with Crippen molar-refractivity contribution in [2.75, 3.05) is 0 Å². The smallest absolute Gasteiger partial charge is 0.120 e. The van der Waals surface area contributed by atoms with Crippen molar-refractivity contribution in [3.63, 3.8) is 0 Å². The van der Waals surface area contributed by atoms with Gasteiger partial charge < -0.3 is 9.84 Å². The summed E-state index contributed by atoms with van der Waals surface area (Å²) < 4.78 is 5.80. The first-order chi connectivity index (χ1) is 10.1. The number of ether oxygens (including phenoxy) is 1. The van der Waals surface area contributed by atoms with E-state index in [1.165, 1.54) is 0 Å². The molecule has 1 atom stereocenters. The molecule has 1 N–H and O–H groups in total. The molecule has 0 aromatic heterocycles. The molecule has 0 fully saturated rings. The van der Waals surface area contributed by atoms with Crippen LogP contribution in [0, 0.1) is 5.92 Å². The van der Waals surface area contributed by atoms with E-state index in [1.54, 1.807) is 0 Å². The van der Waals surface area contributed by atoms with Gasteiger partial charge in [-0.1, -0.05) is 56.3 Å². The summed E-state index contributed by atoms with van der Waals surface area (Å²) in [6.07, 6.45) is 1.41. The highest BCUT2D eigenvalue weighted by molar-refractivity contribution is 5.30. The lowest BCUT2D eigenvalue weighted by Gasteiger charge is -2.14. The zero-order chi connectivity index (χ0) is 15.1. The maximum Gasteiger partial charge on any atom is 0.120 e. The SMILES string of the molecule is CC(C)CCC(O)c1cccc(OCc2ccccc2)c1.